The van der Waals surface area contributed by atoms with E-state index in [2.05, 4.69) is 13.8 Å². The van der Waals surface area contributed by atoms with E-state index in [0.29, 0.717) is 13.1 Å². The van der Waals surface area contributed by atoms with Crippen molar-refractivity contribution in [3.63, 3.8) is 0 Å². The number of benzene rings is 2. The van der Waals surface area contributed by atoms with Crippen LogP contribution in [0.5, 0.6) is 5.75 Å². The molecule has 1 unspecified atom stereocenters. The first kappa shape index (κ1) is 28.8. The molecule has 1 atom stereocenters. The molecule has 0 spiro atoms. The number of hydrogen-bond donors (Lipinski definition) is 0. The lowest BCUT2D eigenvalue weighted by molar-refractivity contribution is -0.137. The maximum absolute atomic E-state index is 12.2. The van der Waals surface area contributed by atoms with E-state index in [1.807, 2.05) is 75.1 Å². The molecule has 2 rings (SSSR count). The SMILES string of the molecule is CCCCN(CC)C(=O)SCCC.CCN(CC)C(=O)C(C)Oc1cccc2ccccc12. The van der Waals surface area contributed by atoms with Gasteiger partial charge in [0.2, 0.25) is 0 Å². The Hall–Kier alpha value is -2.21. The second-order valence-electron chi connectivity index (χ2n) is 7.80. The summed E-state index contributed by atoms with van der Waals surface area (Å²) in [6.45, 7) is 15.2. The summed E-state index contributed by atoms with van der Waals surface area (Å²) < 4.78 is 5.88. The number of ether oxygens (including phenoxy) is 1. The van der Waals surface area contributed by atoms with E-state index in [4.69, 9.17) is 4.74 Å². The third-order valence-corrected chi connectivity index (χ3v) is 6.44. The van der Waals surface area contributed by atoms with Gasteiger partial charge in [-0.05, 0) is 52.0 Å². The van der Waals surface area contributed by atoms with E-state index in [0.717, 1.165) is 54.6 Å². The molecule has 0 radical (unpaired) electrons. The number of thioether (sulfide) groups is 1. The first-order valence-electron chi connectivity index (χ1n) is 12.3. The first-order valence-corrected chi connectivity index (χ1v) is 13.3. The van der Waals surface area contributed by atoms with Crippen LogP contribution in [0.4, 0.5) is 4.79 Å². The van der Waals surface area contributed by atoms with Gasteiger partial charge in [-0.15, -0.1) is 0 Å². The van der Waals surface area contributed by atoms with Crippen molar-refractivity contribution >= 4 is 33.7 Å². The smallest absolute Gasteiger partial charge is 0.281 e. The Labute approximate surface area is 204 Å². The van der Waals surface area contributed by atoms with E-state index >= 15 is 0 Å². The molecule has 5 nitrogen and oxygen atoms in total. The number of carbonyl (C=O) groups is 2. The van der Waals surface area contributed by atoms with Gasteiger partial charge in [-0.25, -0.2) is 0 Å². The highest BCUT2D eigenvalue weighted by molar-refractivity contribution is 8.13. The van der Waals surface area contributed by atoms with Gasteiger partial charge >= 0.3 is 0 Å². The van der Waals surface area contributed by atoms with Crippen molar-refractivity contribution in [2.75, 3.05) is 31.9 Å². The molecule has 0 fully saturated rings. The summed E-state index contributed by atoms with van der Waals surface area (Å²) in [5.74, 6) is 1.74. The fourth-order valence-electron chi connectivity index (χ4n) is 3.34. The van der Waals surface area contributed by atoms with Gasteiger partial charge in [-0.2, -0.15) is 0 Å². The minimum Gasteiger partial charge on any atom is -0.480 e. The van der Waals surface area contributed by atoms with Crippen LogP contribution >= 0.6 is 11.8 Å². The van der Waals surface area contributed by atoms with Crippen LogP contribution in [-0.2, 0) is 4.79 Å². The average Bonchev–Trinajstić information content (AvgIpc) is 2.84. The number of carbonyl (C=O) groups excluding carboxylic acids is 2. The van der Waals surface area contributed by atoms with Gasteiger partial charge in [-0.3, -0.25) is 9.59 Å². The van der Waals surface area contributed by atoms with Crippen molar-refractivity contribution in [1.82, 2.24) is 9.80 Å². The molecule has 33 heavy (non-hydrogen) atoms. The summed E-state index contributed by atoms with van der Waals surface area (Å²) in [6, 6.07) is 13.9. The fourth-order valence-corrected chi connectivity index (χ4v) is 4.12. The molecular weight excluding hydrogens is 432 g/mol. The molecule has 0 aliphatic rings. The molecule has 0 N–H and O–H groups in total. The van der Waals surface area contributed by atoms with Crippen LogP contribution < -0.4 is 4.74 Å². The highest BCUT2D eigenvalue weighted by Gasteiger charge is 2.20. The Bertz CT molecular complexity index is 834. The van der Waals surface area contributed by atoms with E-state index in [-0.39, 0.29) is 11.1 Å². The molecule has 0 aromatic heterocycles. The van der Waals surface area contributed by atoms with Crippen molar-refractivity contribution in [1.29, 1.82) is 0 Å². The van der Waals surface area contributed by atoms with E-state index in [9.17, 15) is 9.59 Å². The van der Waals surface area contributed by atoms with Crippen molar-refractivity contribution in [2.24, 2.45) is 0 Å². The zero-order chi connectivity index (χ0) is 24.6. The summed E-state index contributed by atoms with van der Waals surface area (Å²) in [4.78, 5) is 27.5. The molecular formula is C27H42N2O3S. The van der Waals surface area contributed by atoms with Crippen molar-refractivity contribution in [3.05, 3.63) is 42.5 Å². The summed E-state index contributed by atoms with van der Waals surface area (Å²) in [7, 11) is 0. The van der Waals surface area contributed by atoms with Crippen LogP contribution in [0.2, 0.25) is 0 Å². The van der Waals surface area contributed by atoms with Crippen LogP contribution in [0, 0.1) is 0 Å². The lowest BCUT2D eigenvalue weighted by atomic mass is 10.1. The predicted molar refractivity (Wildman–Crippen MR) is 142 cm³/mol. The zero-order valence-corrected chi connectivity index (χ0v) is 22.1. The number of hydrogen-bond acceptors (Lipinski definition) is 4. The van der Waals surface area contributed by atoms with Crippen LogP contribution in [0.1, 0.15) is 60.8 Å². The number of likely N-dealkylation sites (N-methyl/N-ethyl adjacent to an activating group) is 1. The number of rotatable bonds is 11. The maximum atomic E-state index is 12.2. The van der Waals surface area contributed by atoms with Crippen molar-refractivity contribution in [3.8, 4) is 5.75 Å². The molecule has 184 valence electrons. The minimum atomic E-state index is -0.472. The fraction of sp³-hybridized carbons (Fsp3) is 0.556. The van der Waals surface area contributed by atoms with E-state index < -0.39 is 6.10 Å². The second-order valence-corrected chi connectivity index (χ2v) is 8.84. The van der Waals surface area contributed by atoms with Crippen molar-refractivity contribution in [2.45, 2.75) is 66.9 Å². The number of fused-ring (bicyclic) bond motifs is 1. The third kappa shape index (κ3) is 9.66. The Kier molecular flexibility index (Phi) is 14.3. The van der Waals surface area contributed by atoms with E-state index in [1.54, 1.807) is 4.90 Å². The summed E-state index contributed by atoms with van der Waals surface area (Å²) in [5, 5.41) is 2.40. The summed E-state index contributed by atoms with van der Waals surface area (Å²) in [5.41, 5.74) is 0. The molecule has 0 heterocycles. The predicted octanol–water partition coefficient (Wildman–Crippen LogP) is 6.85. The van der Waals surface area contributed by atoms with Crippen LogP contribution in [-0.4, -0.2) is 59.0 Å². The molecule has 0 saturated heterocycles. The standard InChI is InChI=1S/C17H21NO2.C10H21NOS/c1-4-18(5-2)17(19)13(3)20-16-12-8-10-14-9-6-7-11-15(14)16;1-4-7-8-11(6-3)10(12)13-9-5-2/h6-13H,4-5H2,1-3H3;4-9H2,1-3H3. The van der Waals surface area contributed by atoms with Crippen LogP contribution in [0.3, 0.4) is 0 Å². The molecule has 0 aliphatic carbocycles. The Morgan fingerprint density at radius 2 is 1.52 bits per heavy atom. The maximum Gasteiger partial charge on any atom is 0.281 e. The van der Waals surface area contributed by atoms with Gasteiger partial charge in [0.05, 0.1) is 0 Å². The quantitative estimate of drug-likeness (QED) is 0.357. The summed E-state index contributed by atoms with van der Waals surface area (Å²) >= 11 is 1.45. The highest BCUT2D eigenvalue weighted by atomic mass is 32.2. The number of amides is 2. The second kappa shape index (κ2) is 16.4. The van der Waals surface area contributed by atoms with Gasteiger partial charge < -0.3 is 14.5 Å². The average molecular weight is 475 g/mol. The lowest BCUT2D eigenvalue weighted by Crippen LogP contribution is -2.40. The molecule has 0 aliphatic heterocycles. The molecule has 6 heteroatoms. The Morgan fingerprint density at radius 1 is 0.879 bits per heavy atom. The topological polar surface area (TPSA) is 49.9 Å². The monoisotopic (exact) mass is 474 g/mol. The molecule has 0 saturated carbocycles. The van der Waals surface area contributed by atoms with Gasteiger partial charge in [0.1, 0.15) is 5.75 Å². The van der Waals surface area contributed by atoms with Gasteiger partial charge in [0.15, 0.2) is 6.10 Å². The Balaban J connectivity index is 0.000000366. The lowest BCUT2D eigenvalue weighted by Gasteiger charge is -2.23. The normalized spacial score (nSPS) is 11.3. The number of nitrogens with zero attached hydrogens (tertiary/aromatic N) is 2. The summed E-state index contributed by atoms with van der Waals surface area (Å²) in [6.07, 6.45) is 2.87. The van der Waals surface area contributed by atoms with Crippen LogP contribution in [0.25, 0.3) is 10.8 Å². The van der Waals surface area contributed by atoms with Crippen molar-refractivity contribution < 1.29 is 14.3 Å². The van der Waals surface area contributed by atoms with E-state index in [1.165, 1.54) is 11.8 Å². The molecule has 2 aromatic rings. The van der Waals surface area contributed by atoms with Gasteiger partial charge in [0.25, 0.3) is 11.1 Å². The third-order valence-electron chi connectivity index (χ3n) is 5.33. The molecule has 0 bridgehead atoms. The van der Waals surface area contributed by atoms with Gasteiger partial charge in [-0.1, -0.05) is 68.4 Å². The first-order chi connectivity index (χ1) is 15.9. The highest BCUT2D eigenvalue weighted by Crippen LogP contribution is 2.26. The van der Waals surface area contributed by atoms with Crippen LogP contribution in [0.15, 0.2) is 42.5 Å². The zero-order valence-electron chi connectivity index (χ0n) is 21.3. The molecule has 2 aromatic carbocycles. The number of unbranched alkanes of at least 4 members (excludes halogenated alkanes) is 1. The van der Waals surface area contributed by atoms with Gasteiger partial charge in [0, 0.05) is 37.3 Å². The molecule has 2 amide bonds. The minimum absolute atomic E-state index is 0.0305. The Morgan fingerprint density at radius 3 is 2.12 bits per heavy atom. The largest absolute Gasteiger partial charge is 0.480 e.